The van der Waals surface area contributed by atoms with Crippen molar-refractivity contribution in [3.63, 3.8) is 0 Å². The zero-order valence-electron chi connectivity index (χ0n) is 10.7. The second kappa shape index (κ2) is 8.21. The SMILES string of the molecule is C#CCSCCNC(=O)C(=O)Nc1cc(F)c(F)c(F)c1. The van der Waals surface area contributed by atoms with Gasteiger partial charge in [0.15, 0.2) is 17.5 Å². The lowest BCUT2D eigenvalue weighted by Crippen LogP contribution is -2.36. The van der Waals surface area contributed by atoms with Gasteiger partial charge in [0.1, 0.15) is 0 Å². The molecule has 2 amide bonds. The molecule has 0 spiro atoms. The molecule has 0 aliphatic carbocycles. The van der Waals surface area contributed by atoms with Gasteiger partial charge in [0.2, 0.25) is 0 Å². The summed E-state index contributed by atoms with van der Waals surface area (Å²) in [4.78, 5) is 22.8. The first-order valence-corrected chi connectivity index (χ1v) is 6.86. The van der Waals surface area contributed by atoms with Gasteiger partial charge in [-0.2, -0.15) is 0 Å². The molecule has 0 aromatic heterocycles. The third-order valence-electron chi connectivity index (χ3n) is 2.17. The Morgan fingerprint density at radius 2 is 1.81 bits per heavy atom. The molecule has 0 saturated heterocycles. The molecule has 2 N–H and O–H groups in total. The van der Waals surface area contributed by atoms with Crippen molar-refractivity contribution in [2.24, 2.45) is 0 Å². The molecule has 0 fully saturated rings. The highest BCUT2D eigenvalue weighted by atomic mass is 32.2. The highest BCUT2D eigenvalue weighted by Gasteiger charge is 2.16. The van der Waals surface area contributed by atoms with Crippen LogP contribution in [0.2, 0.25) is 0 Å². The smallest absolute Gasteiger partial charge is 0.313 e. The fourth-order valence-electron chi connectivity index (χ4n) is 1.26. The minimum atomic E-state index is -1.65. The van der Waals surface area contributed by atoms with E-state index in [0.29, 0.717) is 23.6 Å². The second-order valence-electron chi connectivity index (χ2n) is 3.72. The number of halogens is 3. The van der Waals surface area contributed by atoms with Crippen LogP contribution in [0.25, 0.3) is 0 Å². The van der Waals surface area contributed by atoms with Gasteiger partial charge >= 0.3 is 11.8 Å². The molecular formula is C13H11F3N2O2S. The average Bonchev–Trinajstić information content (AvgIpc) is 2.44. The Morgan fingerprint density at radius 3 is 2.38 bits per heavy atom. The fraction of sp³-hybridized carbons (Fsp3) is 0.231. The molecule has 8 heteroatoms. The van der Waals surface area contributed by atoms with E-state index in [1.54, 1.807) is 0 Å². The van der Waals surface area contributed by atoms with Crippen LogP contribution in [0.3, 0.4) is 0 Å². The van der Waals surface area contributed by atoms with Crippen LogP contribution < -0.4 is 10.6 Å². The highest BCUT2D eigenvalue weighted by molar-refractivity contribution is 7.99. The van der Waals surface area contributed by atoms with Gasteiger partial charge in [-0.3, -0.25) is 9.59 Å². The van der Waals surface area contributed by atoms with Crippen LogP contribution in [0, 0.1) is 29.8 Å². The number of nitrogens with one attached hydrogen (secondary N) is 2. The number of carbonyl (C=O) groups excluding carboxylic acids is 2. The van der Waals surface area contributed by atoms with Gasteiger partial charge in [0, 0.05) is 30.1 Å². The van der Waals surface area contributed by atoms with Crippen LogP contribution in [0.4, 0.5) is 18.9 Å². The van der Waals surface area contributed by atoms with E-state index in [1.807, 2.05) is 5.32 Å². The van der Waals surface area contributed by atoms with Crippen LogP contribution in [0.5, 0.6) is 0 Å². The van der Waals surface area contributed by atoms with Crippen LogP contribution >= 0.6 is 11.8 Å². The third-order valence-corrected chi connectivity index (χ3v) is 3.03. The van der Waals surface area contributed by atoms with Gasteiger partial charge in [-0.05, 0) is 0 Å². The predicted octanol–water partition coefficient (Wildman–Crippen LogP) is 1.52. The van der Waals surface area contributed by atoms with Crippen LogP contribution in [-0.2, 0) is 9.59 Å². The molecule has 1 aromatic carbocycles. The normalized spacial score (nSPS) is 9.81. The molecule has 0 atom stereocenters. The molecule has 1 rings (SSSR count). The Balaban J connectivity index is 2.49. The summed E-state index contributed by atoms with van der Waals surface area (Å²) in [5, 5.41) is 4.27. The van der Waals surface area contributed by atoms with Crippen LogP contribution in [0.1, 0.15) is 0 Å². The quantitative estimate of drug-likeness (QED) is 0.375. The van der Waals surface area contributed by atoms with E-state index in [0.717, 1.165) is 0 Å². The molecule has 4 nitrogen and oxygen atoms in total. The molecule has 0 bridgehead atoms. The van der Waals surface area contributed by atoms with Crippen molar-refractivity contribution in [3.8, 4) is 12.3 Å². The topological polar surface area (TPSA) is 58.2 Å². The number of amides is 2. The minimum absolute atomic E-state index is 0.213. The summed E-state index contributed by atoms with van der Waals surface area (Å²) >= 11 is 1.39. The summed E-state index contributed by atoms with van der Waals surface area (Å²) in [5.74, 6) is -3.26. The van der Waals surface area contributed by atoms with Gasteiger partial charge in [0.25, 0.3) is 0 Å². The Labute approximate surface area is 123 Å². The van der Waals surface area contributed by atoms with E-state index < -0.39 is 29.3 Å². The molecule has 1 aromatic rings. The first-order valence-electron chi connectivity index (χ1n) is 5.70. The van der Waals surface area contributed by atoms with E-state index in [-0.39, 0.29) is 12.2 Å². The number of hydrogen-bond acceptors (Lipinski definition) is 3. The van der Waals surface area contributed by atoms with E-state index >= 15 is 0 Å². The molecule has 112 valence electrons. The van der Waals surface area contributed by atoms with E-state index in [2.05, 4.69) is 11.2 Å². The molecule has 0 heterocycles. The first-order chi connectivity index (χ1) is 9.95. The maximum atomic E-state index is 12.9. The number of terminal acetylenes is 1. The van der Waals surface area contributed by atoms with E-state index in [4.69, 9.17) is 6.42 Å². The van der Waals surface area contributed by atoms with Gasteiger partial charge in [-0.1, -0.05) is 5.92 Å². The maximum Gasteiger partial charge on any atom is 0.313 e. The number of anilines is 1. The zero-order valence-corrected chi connectivity index (χ0v) is 11.5. The largest absolute Gasteiger partial charge is 0.347 e. The number of thioether (sulfide) groups is 1. The zero-order chi connectivity index (χ0) is 15.8. The number of hydrogen-bond donors (Lipinski definition) is 2. The van der Waals surface area contributed by atoms with Crippen LogP contribution in [-0.4, -0.2) is 29.9 Å². The second-order valence-corrected chi connectivity index (χ2v) is 4.83. The lowest BCUT2D eigenvalue weighted by Gasteiger charge is -2.07. The Bertz CT molecular complexity index is 564. The van der Waals surface area contributed by atoms with Crippen molar-refractivity contribution >= 4 is 29.3 Å². The van der Waals surface area contributed by atoms with Crippen LogP contribution in [0.15, 0.2) is 12.1 Å². The molecule has 0 saturated carbocycles. The molecule has 21 heavy (non-hydrogen) atoms. The maximum absolute atomic E-state index is 12.9. The Hall–Kier alpha value is -2.14. The number of benzene rings is 1. The summed E-state index contributed by atoms with van der Waals surface area (Å²) in [6, 6.07) is 1.15. The first kappa shape index (κ1) is 16.9. The summed E-state index contributed by atoms with van der Waals surface area (Å²) < 4.78 is 38.6. The van der Waals surface area contributed by atoms with Gasteiger partial charge < -0.3 is 10.6 Å². The van der Waals surface area contributed by atoms with E-state index in [9.17, 15) is 22.8 Å². The molecule has 0 unspecified atom stereocenters. The molecular weight excluding hydrogens is 305 g/mol. The lowest BCUT2D eigenvalue weighted by molar-refractivity contribution is -0.136. The molecule has 0 aliphatic heterocycles. The van der Waals surface area contributed by atoms with Gasteiger partial charge in [0.05, 0.1) is 5.75 Å². The Kier molecular flexibility index (Phi) is 6.62. The number of rotatable bonds is 5. The Morgan fingerprint density at radius 1 is 1.19 bits per heavy atom. The van der Waals surface area contributed by atoms with Gasteiger partial charge in [-0.15, -0.1) is 18.2 Å². The fourth-order valence-corrected chi connectivity index (χ4v) is 1.77. The van der Waals surface area contributed by atoms with Crippen molar-refractivity contribution in [1.82, 2.24) is 5.32 Å². The molecule has 0 radical (unpaired) electrons. The van der Waals surface area contributed by atoms with Crippen molar-refractivity contribution in [1.29, 1.82) is 0 Å². The summed E-state index contributed by atoms with van der Waals surface area (Å²) in [7, 11) is 0. The predicted molar refractivity (Wildman–Crippen MR) is 74.1 cm³/mol. The van der Waals surface area contributed by atoms with Crippen molar-refractivity contribution in [3.05, 3.63) is 29.6 Å². The summed E-state index contributed by atoms with van der Waals surface area (Å²) in [6.45, 7) is 0.213. The van der Waals surface area contributed by atoms with Crippen molar-refractivity contribution < 1.29 is 22.8 Å². The average molecular weight is 316 g/mol. The van der Waals surface area contributed by atoms with Gasteiger partial charge in [-0.25, -0.2) is 13.2 Å². The van der Waals surface area contributed by atoms with E-state index in [1.165, 1.54) is 11.8 Å². The minimum Gasteiger partial charge on any atom is -0.347 e. The van der Waals surface area contributed by atoms with Crippen molar-refractivity contribution in [2.75, 3.05) is 23.4 Å². The highest BCUT2D eigenvalue weighted by Crippen LogP contribution is 2.17. The molecule has 0 aliphatic rings. The summed E-state index contributed by atoms with van der Waals surface area (Å²) in [6.07, 6.45) is 5.03. The number of carbonyl (C=O) groups is 2. The lowest BCUT2D eigenvalue weighted by atomic mass is 10.3. The monoisotopic (exact) mass is 316 g/mol. The third kappa shape index (κ3) is 5.39. The van der Waals surface area contributed by atoms with Crippen molar-refractivity contribution in [2.45, 2.75) is 0 Å². The summed E-state index contributed by atoms with van der Waals surface area (Å²) in [5.41, 5.74) is -0.353. The standard InChI is InChI=1S/C13H11F3N2O2S/c1-2-4-21-5-3-17-12(19)13(20)18-8-6-9(14)11(16)10(15)7-8/h1,6-7H,3-5H2,(H,17,19)(H,18,20).